The highest BCUT2D eigenvalue weighted by Crippen LogP contribution is 2.16. The molecule has 0 spiro atoms. The van der Waals surface area contributed by atoms with Gasteiger partial charge < -0.3 is 5.11 Å². The second-order valence-corrected chi connectivity index (χ2v) is 7.46. The van der Waals surface area contributed by atoms with Crippen LogP contribution in [0.4, 0.5) is 0 Å². The molecule has 0 aliphatic rings. The first-order valence-electron chi connectivity index (χ1n) is 6.25. The van der Waals surface area contributed by atoms with E-state index in [2.05, 4.69) is 4.72 Å². The minimum atomic E-state index is -3.48. The van der Waals surface area contributed by atoms with Gasteiger partial charge in [-0.2, -0.15) is 11.8 Å². The van der Waals surface area contributed by atoms with Gasteiger partial charge >= 0.3 is 0 Å². The minimum absolute atomic E-state index is 0.105. The molecule has 108 valence electrons. The third-order valence-corrected chi connectivity index (χ3v) is 5.35. The van der Waals surface area contributed by atoms with Crippen molar-refractivity contribution in [3.63, 3.8) is 0 Å². The van der Waals surface area contributed by atoms with E-state index < -0.39 is 16.1 Å². The van der Waals surface area contributed by atoms with Crippen LogP contribution in [0, 0.1) is 0 Å². The third kappa shape index (κ3) is 5.14. The Bertz CT molecular complexity index is 483. The lowest BCUT2D eigenvalue weighted by molar-refractivity contribution is 0.199. The number of aliphatic hydroxyl groups excluding tert-OH is 1. The van der Waals surface area contributed by atoms with Crippen LogP contribution in [0.5, 0.6) is 0 Å². The molecule has 0 fully saturated rings. The predicted molar refractivity (Wildman–Crippen MR) is 79.9 cm³/mol. The number of hydrogen-bond acceptors (Lipinski definition) is 4. The summed E-state index contributed by atoms with van der Waals surface area (Å²) in [5, 5.41) is 9.39. The zero-order chi connectivity index (χ0) is 14.5. The first kappa shape index (κ1) is 16.5. The Labute approximate surface area is 119 Å². The van der Waals surface area contributed by atoms with Crippen molar-refractivity contribution in [2.45, 2.75) is 37.8 Å². The number of sulfonamides is 1. The van der Waals surface area contributed by atoms with E-state index in [-0.39, 0.29) is 10.9 Å². The first-order valence-corrected chi connectivity index (χ1v) is 8.88. The number of hydrogen-bond donors (Lipinski definition) is 2. The highest BCUT2D eigenvalue weighted by atomic mass is 32.2. The maximum absolute atomic E-state index is 12.1. The minimum Gasteiger partial charge on any atom is -0.389 e. The van der Waals surface area contributed by atoms with Gasteiger partial charge in [0.25, 0.3) is 0 Å². The van der Waals surface area contributed by atoms with E-state index in [1.54, 1.807) is 30.8 Å². The molecule has 0 amide bonds. The zero-order valence-corrected chi connectivity index (χ0v) is 13.1. The highest BCUT2D eigenvalue weighted by Gasteiger charge is 2.17. The lowest BCUT2D eigenvalue weighted by atomic mass is 10.1. The summed E-state index contributed by atoms with van der Waals surface area (Å²) >= 11 is 1.70. The number of rotatable bonds is 7. The smallest absolute Gasteiger partial charge is 0.240 e. The average Bonchev–Trinajstić information content (AvgIpc) is 2.36. The van der Waals surface area contributed by atoms with Crippen LogP contribution in [0.3, 0.4) is 0 Å². The van der Waals surface area contributed by atoms with E-state index in [0.29, 0.717) is 5.56 Å². The summed E-state index contributed by atoms with van der Waals surface area (Å²) in [6.45, 7) is 5.54. The van der Waals surface area contributed by atoms with Gasteiger partial charge in [0.15, 0.2) is 0 Å². The van der Waals surface area contributed by atoms with Gasteiger partial charge in [0.05, 0.1) is 11.0 Å². The van der Waals surface area contributed by atoms with E-state index in [9.17, 15) is 13.5 Å². The maximum atomic E-state index is 12.1. The summed E-state index contributed by atoms with van der Waals surface area (Å²) in [5.74, 6) is 1.72. The molecule has 0 radical (unpaired) electrons. The maximum Gasteiger partial charge on any atom is 0.240 e. The van der Waals surface area contributed by atoms with Gasteiger partial charge in [0, 0.05) is 11.8 Å². The zero-order valence-electron chi connectivity index (χ0n) is 11.5. The molecular formula is C13H21NO3S2. The lowest BCUT2D eigenvalue weighted by Gasteiger charge is -2.14. The van der Waals surface area contributed by atoms with Crippen LogP contribution in [0.25, 0.3) is 0 Å². The van der Waals surface area contributed by atoms with Gasteiger partial charge in [-0.3, -0.25) is 0 Å². The van der Waals surface area contributed by atoms with Crippen LogP contribution in [0.1, 0.15) is 32.4 Å². The first-order chi connectivity index (χ1) is 8.86. The summed E-state index contributed by atoms with van der Waals surface area (Å²) in [4.78, 5) is 0.227. The molecule has 2 unspecified atom stereocenters. The van der Waals surface area contributed by atoms with E-state index in [1.165, 1.54) is 12.1 Å². The Balaban J connectivity index is 2.77. The van der Waals surface area contributed by atoms with E-state index in [1.807, 2.05) is 13.8 Å². The molecule has 0 aromatic heterocycles. The molecule has 2 N–H and O–H groups in total. The van der Waals surface area contributed by atoms with Crippen molar-refractivity contribution < 1.29 is 13.5 Å². The molecule has 0 heterocycles. The predicted octanol–water partition coefficient (Wildman–Crippen LogP) is 2.16. The van der Waals surface area contributed by atoms with Gasteiger partial charge in [-0.05, 0) is 37.3 Å². The summed E-state index contributed by atoms with van der Waals surface area (Å²) in [5.41, 5.74) is 0.702. The van der Waals surface area contributed by atoms with Crippen molar-refractivity contribution in [3.05, 3.63) is 29.8 Å². The van der Waals surface area contributed by atoms with Crippen LogP contribution in [0.15, 0.2) is 29.2 Å². The third-order valence-electron chi connectivity index (χ3n) is 2.60. The molecule has 0 aliphatic heterocycles. The normalized spacial score (nSPS) is 15.2. The molecule has 1 aromatic rings. The molecule has 0 bridgehead atoms. The molecule has 2 atom stereocenters. The van der Waals surface area contributed by atoms with Gasteiger partial charge in [0.1, 0.15) is 0 Å². The largest absolute Gasteiger partial charge is 0.389 e. The molecule has 1 rings (SSSR count). The fraction of sp³-hybridized carbons (Fsp3) is 0.538. The number of thioether (sulfide) groups is 1. The van der Waals surface area contributed by atoms with Gasteiger partial charge in [0.2, 0.25) is 10.0 Å². The fourth-order valence-corrected chi connectivity index (χ4v) is 3.61. The molecular weight excluding hydrogens is 282 g/mol. The van der Waals surface area contributed by atoms with Crippen LogP contribution >= 0.6 is 11.8 Å². The number of nitrogens with one attached hydrogen (secondary N) is 1. The highest BCUT2D eigenvalue weighted by molar-refractivity contribution is 7.99. The molecule has 19 heavy (non-hydrogen) atoms. The SMILES string of the molecule is CCSCC(C)NS(=O)(=O)c1ccc(C(C)O)cc1. The van der Waals surface area contributed by atoms with E-state index in [0.717, 1.165) is 11.5 Å². The van der Waals surface area contributed by atoms with Crippen molar-refractivity contribution >= 4 is 21.8 Å². The van der Waals surface area contributed by atoms with Crippen LogP contribution < -0.4 is 4.72 Å². The Morgan fingerprint density at radius 1 is 1.26 bits per heavy atom. The quantitative estimate of drug-likeness (QED) is 0.810. The van der Waals surface area contributed by atoms with Gasteiger partial charge in [-0.1, -0.05) is 19.1 Å². The van der Waals surface area contributed by atoms with Crippen molar-refractivity contribution in [1.82, 2.24) is 4.72 Å². The van der Waals surface area contributed by atoms with Crippen LogP contribution in [-0.2, 0) is 10.0 Å². The van der Waals surface area contributed by atoms with Crippen molar-refractivity contribution in [2.24, 2.45) is 0 Å². The Morgan fingerprint density at radius 3 is 2.32 bits per heavy atom. The molecule has 4 nitrogen and oxygen atoms in total. The van der Waals surface area contributed by atoms with Gasteiger partial charge in [-0.25, -0.2) is 13.1 Å². The molecule has 0 saturated heterocycles. The summed E-state index contributed by atoms with van der Waals surface area (Å²) in [7, 11) is -3.48. The molecule has 0 saturated carbocycles. The Kier molecular flexibility index (Phi) is 6.32. The van der Waals surface area contributed by atoms with Crippen molar-refractivity contribution in [2.75, 3.05) is 11.5 Å². The number of aliphatic hydroxyl groups is 1. The second kappa shape index (κ2) is 7.28. The summed E-state index contributed by atoms with van der Waals surface area (Å²) < 4.78 is 26.9. The van der Waals surface area contributed by atoms with Crippen molar-refractivity contribution in [1.29, 1.82) is 0 Å². The van der Waals surface area contributed by atoms with E-state index >= 15 is 0 Å². The monoisotopic (exact) mass is 303 g/mol. The van der Waals surface area contributed by atoms with Crippen molar-refractivity contribution in [3.8, 4) is 0 Å². The second-order valence-electron chi connectivity index (χ2n) is 4.43. The van der Waals surface area contributed by atoms with Crippen LogP contribution in [0.2, 0.25) is 0 Å². The average molecular weight is 303 g/mol. The number of benzene rings is 1. The Morgan fingerprint density at radius 2 is 1.84 bits per heavy atom. The Hall–Kier alpha value is -0.560. The topological polar surface area (TPSA) is 66.4 Å². The molecule has 6 heteroatoms. The molecule has 0 aliphatic carbocycles. The fourth-order valence-electron chi connectivity index (χ4n) is 1.59. The molecule has 1 aromatic carbocycles. The van der Waals surface area contributed by atoms with E-state index in [4.69, 9.17) is 0 Å². The van der Waals surface area contributed by atoms with Gasteiger partial charge in [-0.15, -0.1) is 0 Å². The summed E-state index contributed by atoms with van der Waals surface area (Å²) in [6.07, 6.45) is -0.593. The summed E-state index contributed by atoms with van der Waals surface area (Å²) in [6, 6.07) is 6.19. The standard InChI is InChI=1S/C13H21NO3S2/c1-4-18-9-10(2)14-19(16,17)13-7-5-12(6-8-13)11(3)15/h5-8,10-11,14-15H,4,9H2,1-3H3. The lowest BCUT2D eigenvalue weighted by Crippen LogP contribution is -2.34. The van der Waals surface area contributed by atoms with Crippen LogP contribution in [-0.4, -0.2) is 31.1 Å².